The van der Waals surface area contributed by atoms with Gasteiger partial charge in [-0.1, -0.05) is 36.4 Å². The molecule has 0 bridgehead atoms. The van der Waals surface area contributed by atoms with Crippen molar-refractivity contribution in [2.75, 3.05) is 19.7 Å². The van der Waals surface area contributed by atoms with Crippen molar-refractivity contribution in [2.45, 2.75) is 0 Å². The summed E-state index contributed by atoms with van der Waals surface area (Å²) in [5.74, 6) is 0.904. The lowest BCUT2D eigenvalue weighted by Crippen LogP contribution is -2.12. The molecule has 16 heavy (non-hydrogen) atoms. The molecule has 3 heteroatoms. The summed E-state index contributed by atoms with van der Waals surface area (Å²) in [5, 5.41) is 3.17. The van der Waals surface area contributed by atoms with Crippen LogP contribution in [0.15, 0.2) is 55.1 Å². The molecule has 1 rings (SSSR count). The fraction of sp³-hybridized carbons (Fsp3) is 0.231. The van der Waals surface area contributed by atoms with Crippen LogP contribution in [0.1, 0.15) is 0 Å². The molecule has 0 spiro atoms. The van der Waals surface area contributed by atoms with Gasteiger partial charge in [-0.25, -0.2) is 0 Å². The number of para-hydroxylation sites is 1. The first kappa shape index (κ1) is 14.8. The van der Waals surface area contributed by atoms with Crippen molar-refractivity contribution in [3.8, 4) is 5.75 Å². The SMILES string of the molecule is C=CCNCC=CCOc1ccccc1.Cl. The summed E-state index contributed by atoms with van der Waals surface area (Å²) in [6.45, 7) is 5.92. The maximum atomic E-state index is 5.48. The summed E-state index contributed by atoms with van der Waals surface area (Å²) in [6, 6.07) is 9.80. The highest BCUT2D eigenvalue weighted by atomic mass is 35.5. The normalized spacial score (nSPS) is 9.75. The van der Waals surface area contributed by atoms with Crippen LogP contribution >= 0.6 is 12.4 Å². The summed E-state index contributed by atoms with van der Waals surface area (Å²) in [5.41, 5.74) is 0. The van der Waals surface area contributed by atoms with Gasteiger partial charge in [0, 0.05) is 13.1 Å². The number of rotatable bonds is 7. The minimum Gasteiger partial charge on any atom is -0.490 e. The van der Waals surface area contributed by atoms with E-state index in [4.69, 9.17) is 4.74 Å². The minimum absolute atomic E-state index is 0. The van der Waals surface area contributed by atoms with Crippen LogP contribution in [-0.2, 0) is 0 Å². The zero-order valence-electron chi connectivity index (χ0n) is 9.26. The van der Waals surface area contributed by atoms with Crippen LogP contribution in [0.25, 0.3) is 0 Å². The molecule has 0 aliphatic carbocycles. The molecule has 1 aromatic rings. The number of hydrogen-bond donors (Lipinski definition) is 1. The molecule has 0 aliphatic rings. The Hall–Kier alpha value is -1.25. The molecular formula is C13H18ClNO. The van der Waals surface area contributed by atoms with Crippen LogP contribution in [-0.4, -0.2) is 19.7 Å². The van der Waals surface area contributed by atoms with E-state index in [1.807, 2.05) is 48.6 Å². The average molecular weight is 240 g/mol. The number of halogens is 1. The summed E-state index contributed by atoms with van der Waals surface area (Å²) >= 11 is 0. The summed E-state index contributed by atoms with van der Waals surface area (Å²) < 4.78 is 5.48. The van der Waals surface area contributed by atoms with E-state index in [-0.39, 0.29) is 12.4 Å². The molecular weight excluding hydrogens is 222 g/mol. The lowest BCUT2D eigenvalue weighted by atomic mass is 10.3. The van der Waals surface area contributed by atoms with Gasteiger partial charge < -0.3 is 10.1 Å². The summed E-state index contributed by atoms with van der Waals surface area (Å²) in [7, 11) is 0. The second-order valence-electron chi connectivity index (χ2n) is 3.04. The van der Waals surface area contributed by atoms with Crippen molar-refractivity contribution in [3.63, 3.8) is 0 Å². The maximum absolute atomic E-state index is 5.48. The zero-order chi connectivity index (χ0) is 10.8. The molecule has 0 heterocycles. The molecule has 0 saturated heterocycles. The third-order valence-electron chi connectivity index (χ3n) is 1.81. The van der Waals surface area contributed by atoms with Crippen LogP contribution in [0.2, 0.25) is 0 Å². The molecule has 0 atom stereocenters. The molecule has 0 saturated carbocycles. The van der Waals surface area contributed by atoms with Crippen molar-refractivity contribution in [1.29, 1.82) is 0 Å². The number of ether oxygens (including phenoxy) is 1. The Balaban J connectivity index is 0.00000225. The topological polar surface area (TPSA) is 21.3 Å². The fourth-order valence-corrected chi connectivity index (χ4v) is 1.08. The zero-order valence-corrected chi connectivity index (χ0v) is 10.1. The van der Waals surface area contributed by atoms with Crippen molar-refractivity contribution >= 4 is 12.4 Å². The molecule has 0 aliphatic heterocycles. The van der Waals surface area contributed by atoms with Gasteiger partial charge in [0.05, 0.1) is 0 Å². The van der Waals surface area contributed by atoms with Crippen LogP contribution in [0.5, 0.6) is 5.75 Å². The third-order valence-corrected chi connectivity index (χ3v) is 1.81. The highest BCUT2D eigenvalue weighted by molar-refractivity contribution is 5.85. The minimum atomic E-state index is 0. The van der Waals surface area contributed by atoms with Crippen molar-refractivity contribution in [1.82, 2.24) is 5.32 Å². The van der Waals surface area contributed by atoms with Gasteiger partial charge in [0.15, 0.2) is 0 Å². The first-order valence-electron chi connectivity index (χ1n) is 5.08. The second-order valence-corrected chi connectivity index (χ2v) is 3.04. The van der Waals surface area contributed by atoms with Gasteiger partial charge in [0.25, 0.3) is 0 Å². The van der Waals surface area contributed by atoms with Crippen LogP contribution in [0.4, 0.5) is 0 Å². The predicted molar refractivity (Wildman–Crippen MR) is 71.4 cm³/mol. The highest BCUT2D eigenvalue weighted by Gasteiger charge is 1.86. The number of hydrogen-bond acceptors (Lipinski definition) is 2. The van der Waals surface area contributed by atoms with Gasteiger partial charge >= 0.3 is 0 Å². The lowest BCUT2D eigenvalue weighted by Gasteiger charge is -2.01. The Bertz CT molecular complexity index is 298. The largest absolute Gasteiger partial charge is 0.490 e. The quantitative estimate of drug-likeness (QED) is 0.584. The molecule has 0 fully saturated rings. The third kappa shape index (κ3) is 7.10. The van der Waals surface area contributed by atoms with E-state index >= 15 is 0 Å². The van der Waals surface area contributed by atoms with E-state index in [9.17, 15) is 0 Å². The highest BCUT2D eigenvalue weighted by Crippen LogP contribution is 2.07. The van der Waals surface area contributed by atoms with E-state index in [2.05, 4.69) is 11.9 Å². The molecule has 0 radical (unpaired) electrons. The van der Waals surface area contributed by atoms with Gasteiger partial charge in [-0.2, -0.15) is 0 Å². The molecule has 88 valence electrons. The van der Waals surface area contributed by atoms with Crippen molar-refractivity contribution in [3.05, 3.63) is 55.1 Å². The van der Waals surface area contributed by atoms with Crippen LogP contribution < -0.4 is 10.1 Å². The van der Waals surface area contributed by atoms with Gasteiger partial charge in [-0.05, 0) is 12.1 Å². The predicted octanol–water partition coefficient (Wildman–Crippen LogP) is 2.82. The van der Waals surface area contributed by atoms with E-state index in [0.717, 1.165) is 18.8 Å². The second kappa shape index (κ2) is 10.3. The first-order valence-corrected chi connectivity index (χ1v) is 5.08. The van der Waals surface area contributed by atoms with E-state index in [1.54, 1.807) is 0 Å². The molecule has 0 unspecified atom stereocenters. The fourth-order valence-electron chi connectivity index (χ4n) is 1.08. The molecule has 0 aromatic heterocycles. The average Bonchev–Trinajstić information content (AvgIpc) is 2.29. The smallest absolute Gasteiger partial charge is 0.119 e. The van der Waals surface area contributed by atoms with E-state index < -0.39 is 0 Å². The summed E-state index contributed by atoms with van der Waals surface area (Å²) in [6.07, 6.45) is 5.89. The Labute approximate surface area is 103 Å². The monoisotopic (exact) mass is 239 g/mol. The Morgan fingerprint density at radius 1 is 1.12 bits per heavy atom. The standard InChI is InChI=1S/C13H17NO.ClH/c1-2-10-14-11-6-7-12-15-13-8-4-3-5-9-13;/h2-9,14H,1,10-12H2;1H. The van der Waals surface area contributed by atoms with Gasteiger partial charge in [0.2, 0.25) is 0 Å². The van der Waals surface area contributed by atoms with Crippen LogP contribution in [0.3, 0.4) is 0 Å². The molecule has 0 amide bonds. The van der Waals surface area contributed by atoms with Gasteiger partial charge in [-0.3, -0.25) is 0 Å². The lowest BCUT2D eigenvalue weighted by molar-refractivity contribution is 0.362. The van der Waals surface area contributed by atoms with Gasteiger partial charge in [0.1, 0.15) is 12.4 Å². The maximum Gasteiger partial charge on any atom is 0.119 e. The number of benzene rings is 1. The van der Waals surface area contributed by atoms with Gasteiger partial charge in [-0.15, -0.1) is 19.0 Å². The van der Waals surface area contributed by atoms with Crippen molar-refractivity contribution in [2.24, 2.45) is 0 Å². The van der Waals surface area contributed by atoms with E-state index in [1.165, 1.54) is 0 Å². The van der Waals surface area contributed by atoms with Crippen LogP contribution in [0, 0.1) is 0 Å². The first-order chi connectivity index (χ1) is 7.43. The Morgan fingerprint density at radius 2 is 1.88 bits per heavy atom. The Morgan fingerprint density at radius 3 is 2.56 bits per heavy atom. The van der Waals surface area contributed by atoms with E-state index in [0.29, 0.717) is 6.61 Å². The van der Waals surface area contributed by atoms with Crippen molar-refractivity contribution < 1.29 is 4.74 Å². The number of nitrogens with one attached hydrogen (secondary N) is 1. The summed E-state index contributed by atoms with van der Waals surface area (Å²) in [4.78, 5) is 0. The Kier molecular flexibility index (Phi) is 9.47. The molecule has 1 aromatic carbocycles. The molecule has 1 N–H and O–H groups in total. The molecule has 2 nitrogen and oxygen atoms in total.